The Morgan fingerprint density at radius 1 is 0.950 bits per heavy atom. The van der Waals surface area contributed by atoms with E-state index in [9.17, 15) is 8.78 Å². The maximum atomic E-state index is 12.4. The summed E-state index contributed by atoms with van der Waals surface area (Å²) in [6.45, 7) is 2.73. The summed E-state index contributed by atoms with van der Waals surface area (Å²) in [5, 5.41) is 3.38. The minimum Gasteiger partial charge on any atom is -0.306 e. The number of hydrogen-bond acceptors (Lipinski definition) is 1. The first-order valence-corrected chi connectivity index (χ1v) is 7.21. The smallest absolute Gasteiger partial charge is 0.263 e. The fourth-order valence-electron chi connectivity index (χ4n) is 1.92. The van der Waals surface area contributed by atoms with Gasteiger partial charge in [-0.3, -0.25) is 0 Å². The highest BCUT2D eigenvalue weighted by Gasteiger charge is 2.07. The van der Waals surface area contributed by atoms with Gasteiger partial charge in [0.2, 0.25) is 0 Å². The average Bonchev–Trinajstić information content (AvgIpc) is 2.46. The van der Waals surface area contributed by atoms with Crippen LogP contribution in [0, 0.1) is 0 Å². The Morgan fingerprint density at radius 2 is 1.50 bits per heavy atom. The van der Waals surface area contributed by atoms with Crippen LogP contribution < -0.4 is 5.32 Å². The van der Waals surface area contributed by atoms with Gasteiger partial charge in [-0.15, -0.1) is 0 Å². The van der Waals surface area contributed by atoms with Gasteiger partial charge in [0.1, 0.15) is 0 Å². The second-order valence-corrected chi connectivity index (χ2v) is 5.61. The predicted octanol–water partition coefficient (Wildman–Crippen LogP) is 5.24. The monoisotopic (exact) mass is 339 g/mol. The Labute approximate surface area is 126 Å². The van der Waals surface area contributed by atoms with Crippen molar-refractivity contribution in [3.63, 3.8) is 0 Å². The fourth-order valence-corrected chi connectivity index (χ4v) is 2.19. The molecule has 4 heteroatoms. The van der Waals surface area contributed by atoms with Crippen LogP contribution in [0.4, 0.5) is 8.78 Å². The highest BCUT2D eigenvalue weighted by atomic mass is 79.9. The first kappa shape index (κ1) is 15.1. The molecule has 2 aromatic rings. The van der Waals surface area contributed by atoms with Crippen molar-refractivity contribution in [2.24, 2.45) is 0 Å². The van der Waals surface area contributed by atoms with Crippen LogP contribution in [-0.4, -0.2) is 0 Å². The normalized spacial score (nSPS) is 12.7. The van der Waals surface area contributed by atoms with Gasteiger partial charge < -0.3 is 5.32 Å². The molecule has 20 heavy (non-hydrogen) atoms. The molecule has 0 aliphatic rings. The van der Waals surface area contributed by atoms with Crippen molar-refractivity contribution in [3.8, 4) is 0 Å². The first-order chi connectivity index (χ1) is 9.56. The van der Waals surface area contributed by atoms with Crippen molar-refractivity contribution in [3.05, 3.63) is 69.7 Å². The number of halogens is 3. The van der Waals surface area contributed by atoms with Crippen molar-refractivity contribution in [1.29, 1.82) is 0 Å². The van der Waals surface area contributed by atoms with Crippen molar-refractivity contribution < 1.29 is 8.78 Å². The van der Waals surface area contributed by atoms with Gasteiger partial charge in [-0.1, -0.05) is 52.3 Å². The molecule has 106 valence electrons. The van der Waals surface area contributed by atoms with Crippen LogP contribution in [0.2, 0.25) is 0 Å². The molecule has 0 heterocycles. The maximum Gasteiger partial charge on any atom is 0.263 e. The Morgan fingerprint density at radius 3 is 2.05 bits per heavy atom. The van der Waals surface area contributed by atoms with Crippen molar-refractivity contribution in [1.82, 2.24) is 5.32 Å². The molecule has 0 amide bonds. The topological polar surface area (TPSA) is 12.0 Å². The molecule has 0 saturated heterocycles. The molecule has 0 spiro atoms. The molecular weight excluding hydrogens is 324 g/mol. The molecule has 0 unspecified atom stereocenters. The number of nitrogens with one attached hydrogen (secondary N) is 1. The predicted molar refractivity (Wildman–Crippen MR) is 80.8 cm³/mol. The summed E-state index contributed by atoms with van der Waals surface area (Å²) in [5.41, 5.74) is 2.26. The Hall–Kier alpha value is -1.26. The van der Waals surface area contributed by atoms with E-state index < -0.39 is 6.43 Å². The highest BCUT2D eigenvalue weighted by molar-refractivity contribution is 9.10. The number of hydrogen-bond donors (Lipinski definition) is 1. The molecule has 0 aliphatic heterocycles. The van der Waals surface area contributed by atoms with Gasteiger partial charge in [-0.25, -0.2) is 8.78 Å². The van der Waals surface area contributed by atoms with Gasteiger partial charge in [0.25, 0.3) is 6.43 Å². The molecule has 1 nitrogen and oxygen atoms in total. The molecular formula is C16H16BrF2N. The first-order valence-electron chi connectivity index (χ1n) is 6.42. The minimum atomic E-state index is -2.40. The second kappa shape index (κ2) is 6.95. The number of benzene rings is 2. The molecule has 0 aromatic heterocycles. The zero-order chi connectivity index (χ0) is 14.5. The molecule has 1 atom stereocenters. The standard InChI is InChI=1S/C16H16BrF2N/c1-11(13-6-8-15(17)9-7-13)20-10-12-2-4-14(5-3-12)16(18)19/h2-9,11,16,20H,10H2,1H3/t11-/m0/s1. The third-order valence-electron chi connectivity index (χ3n) is 3.21. The van der Waals surface area contributed by atoms with Crippen molar-refractivity contribution in [2.75, 3.05) is 0 Å². The Balaban J connectivity index is 1.92. The summed E-state index contributed by atoms with van der Waals surface area (Å²) < 4.78 is 25.9. The highest BCUT2D eigenvalue weighted by Crippen LogP contribution is 2.20. The zero-order valence-corrected chi connectivity index (χ0v) is 12.7. The largest absolute Gasteiger partial charge is 0.306 e. The van der Waals surface area contributed by atoms with Gasteiger partial charge >= 0.3 is 0 Å². The van der Waals surface area contributed by atoms with Crippen molar-refractivity contribution in [2.45, 2.75) is 25.9 Å². The van der Waals surface area contributed by atoms with Crippen LogP contribution in [0.5, 0.6) is 0 Å². The summed E-state index contributed by atoms with van der Waals surface area (Å²) in [6, 6.07) is 14.8. The van der Waals surface area contributed by atoms with Crippen LogP contribution in [0.3, 0.4) is 0 Å². The summed E-state index contributed by atoms with van der Waals surface area (Å²) in [4.78, 5) is 0. The Bertz CT molecular complexity index is 537. The minimum absolute atomic E-state index is 0.0645. The van der Waals surface area contributed by atoms with Crippen LogP contribution >= 0.6 is 15.9 Å². The number of rotatable bonds is 5. The quantitative estimate of drug-likeness (QED) is 0.785. The second-order valence-electron chi connectivity index (χ2n) is 4.70. The summed E-state index contributed by atoms with van der Waals surface area (Å²) >= 11 is 3.41. The lowest BCUT2D eigenvalue weighted by molar-refractivity contribution is 0.151. The van der Waals surface area contributed by atoms with Gasteiger partial charge in [0, 0.05) is 22.6 Å². The van der Waals surface area contributed by atoms with E-state index >= 15 is 0 Å². The summed E-state index contributed by atoms with van der Waals surface area (Å²) in [7, 11) is 0. The fraction of sp³-hybridized carbons (Fsp3) is 0.250. The van der Waals surface area contributed by atoms with E-state index in [2.05, 4.69) is 40.3 Å². The molecule has 1 N–H and O–H groups in total. The van der Waals surface area contributed by atoms with Gasteiger partial charge in [-0.05, 0) is 30.2 Å². The maximum absolute atomic E-state index is 12.4. The summed E-state index contributed by atoms with van der Waals surface area (Å²) in [5.74, 6) is 0. The molecule has 0 aliphatic carbocycles. The Kier molecular flexibility index (Phi) is 5.26. The lowest BCUT2D eigenvalue weighted by atomic mass is 10.1. The molecule has 0 radical (unpaired) electrons. The molecule has 0 bridgehead atoms. The van der Waals surface area contributed by atoms with Crippen LogP contribution in [0.1, 0.15) is 36.1 Å². The van der Waals surface area contributed by atoms with E-state index in [0.717, 1.165) is 10.0 Å². The van der Waals surface area contributed by atoms with Crippen molar-refractivity contribution >= 4 is 15.9 Å². The lowest BCUT2D eigenvalue weighted by Gasteiger charge is -2.14. The summed E-state index contributed by atoms with van der Waals surface area (Å²) in [6.07, 6.45) is -2.40. The SMILES string of the molecule is C[C@H](NCc1ccc(C(F)F)cc1)c1ccc(Br)cc1. The lowest BCUT2D eigenvalue weighted by Crippen LogP contribution is -2.17. The van der Waals surface area contributed by atoms with Crippen LogP contribution in [0.25, 0.3) is 0 Å². The van der Waals surface area contributed by atoms with E-state index in [4.69, 9.17) is 0 Å². The molecule has 0 saturated carbocycles. The molecule has 0 fully saturated rings. The van der Waals surface area contributed by atoms with Gasteiger partial charge in [0.15, 0.2) is 0 Å². The van der Waals surface area contributed by atoms with E-state index in [1.165, 1.54) is 17.7 Å². The third-order valence-corrected chi connectivity index (χ3v) is 3.74. The van der Waals surface area contributed by atoms with E-state index in [0.29, 0.717) is 6.54 Å². The average molecular weight is 340 g/mol. The number of alkyl halides is 2. The van der Waals surface area contributed by atoms with Crippen LogP contribution in [0.15, 0.2) is 53.0 Å². The van der Waals surface area contributed by atoms with Crippen LogP contribution in [-0.2, 0) is 6.54 Å². The van der Waals surface area contributed by atoms with E-state index in [1.807, 2.05) is 12.1 Å². The third kappa shape index (κ3) is 4.12. The van der Waals surface area contributed by atoms with Gasteiger partial charge in [0.05, 0.1) is 0 Å². The van der Waals surface area contributed by atoms with Gasteiger partial charge in [-0.2, -0.15) is 0 Å². The van der Waals surface area contributed by atoms with E-state index in [-0.39, 0.29) is 11.6 Å². The van der Waals surface area contributed by atoms with E-state index in [1.54, 1.807) is 12.1 Å². The zero-order valence-electron chi connectivity index (χ0n) is 11.1. The molecule has 2 aromatic carbocycles. The molecule has 2 rings (SSSR count).